The Labute approximate surface area is 159 Å². The molecule has 1 aliphatic heterocycles. The van der Waals surface area contributed by atoms with Gasteiger partial charge in [-0.2, -0.15) is 0 Å². The Morgan fingerprint density at radius 2 is 2.07 bits per heavy atom. The van der Waals surface area contributed by atoms with E-state index in [1.807, 2.05) is 26.2 Å². The fraction of sp³-hybridized carbons (Fsp3) is 0.579. The number of aromatic nitrogens is 4. The maximum absolute atomic E-state index is 12.0. The highest BCUT2D eigenvalue weighted by Gasteiger charge is 2.35. The molecule has 3 N–H and O–H groups in total. The van der Waals surface area contributed by atoms with Crippen molar-refractivity contribution in [2.45, 2.75) is 51.1 Å². The number of hydrogen-bond acceptors (Lipinski definition) is 6. The van der Waals surface area contributed by atoms with Gasteiger partial charge in [0, 0.05) is 61.8 Å². The van der Waals surface area contributed by atoms with Gasteiger partial charge in [-0.3, -0.25) is 4.79 Å². The van der Waals surface area contributed by atoms with Crippen LogP contribution in [-0.2, 0) is 0 Å². The van der Waals surface area contributed by atoms with Crippen LogP contribution in [0.15, 0.2) is 12.4 Å². The van der Waals surface area contributed by atoms with Crippen molar-refractivity contribution in [2.24, 2.45) is 0 Å². The molecule has 0 bridgehead atoms. The predicted molar refractivity (Wildman–Crippen MR) is 103 cm³/mol. The summed E-state index contributed by atoms with van der Waals surface area (Å²) in [6, 6.07) is 1.00. The summed E-state index contributed by atoms with van der Waals surface area (Å²) in [5, 5.41) is 6.39. The van der Waals surface area contributed by atoms with Crippen LogP contribution < -0.4 is 15.5 Å². The van der Waals surface area contributed by atoms with Crippen molar-refractivity contribution < 1.29 is 4.79 Å². The molecule has 8 nitrogen and oxygen atoms in total. The Bertz CT molecular complexity index is 814. The van der Waals surface area contributed by atoms with Crippen LogP contribution in [0.2, 0.25) is 0 Å². The number of aryl methyl sites for hydroxylation is 1. The number of hydrogen-bond donors (Lipinski definition) is 3. The number of nitrogens with zero attached hydrogens (tertiary/aromatic N) is 4. The second-order valence-electron chi connectivity index (χ2n) is 7.60. The molecule has 1 amide bonds. The molecular formula is C19H27N7O. The van der Waals surface area contributed by atoms with E-state index in [1.54, 1.807) is 7.05 Å². The smallest absolute Gasteiger partial charge is 0.288 e. The van der Waals surface area contributed by atoms with Gasteiger partial charge in [0.15, 0.2) is 0 Å². The number of nitrogens with one attached hydrogen (secondary N) is 3. The first-order chi connectivity index (χ1) is 13.0. The fourth-order valence-electron chi connectivity index (χ4n) is 4.03. The maximum Gasteiger partial charge on any atom is 0.288 e. The number of anilines is 1. The lowest BCUT2D eigenvalue weighted by atomic mass is 9.79. The van der Waals surface area contributed by atoms with E-state index in [4.69, 9.17) is 0 Å². The zero-order chi connectivity index (χ0) is 19.0. The average Bonchev–Trinajstić information content (AvgIpc) is 3.31. The van der Waals surface area contributed by atoms with Gasteiger partial charge in [-0.1, -0.05) is 0 Å². The van der Waals surface area contributed by atoms with E-state index < -0.39 is 0 Å². The minimum atomic E-state index is -0.244. The van der Waals surface area contributed by atoms with Gasteiger partial charge in [0.25, 0.3) is 5.91 Å². The zero-order valence-corrected chi connectivity index (χ0v) is 16.1. The number of H-pyrrole nitrogens is 1. The molecule has 2 aromatic heterocycles. The molecule has 0 radical (unpaired) electrons. The molecule has 8 heteroatoms. The number of carbonyl (C=O) groups excluding carboxylic acids is 1. The summed E-state index contributed by atoms with van der Waals surface area (Å²) in [5.41, 5.74) is 1.90. The molecule has 2 aliphatic rings. The highest BCUT2D eigenvalue weighted by molar-refractivity contribution is 5.90. The van der Waals surface area contributed by atoms with Gasteiger partial charge >= 0.3 is 0 Å². The molecule has 1 aliphatic carbocycles. The van der Waals surface area contributed by atoms with Crippen molar-refractivity contribution in [3.63, 3.8) is 0 Å². The van der Waals surface area contributed by atoms with Crippen LogP contribution in [0.25, 0.3) is 0 Å². The predicted octanol–water partition coefficient (Wildman–Crippen LogP) is 1.29. The van der Waals surface area contributed by atoms with Crippen LogP contribution in [0, 0.1) is 13.8 Å². The number of rotatable bonds is 5. The highest BCUT2D eigenvalue weighted by Crippen LogP contribution is 2.35. The van der Waals surface area contributed by atoms with Gasteiger partial charge in [0.1, 0.15) is 11.6 Å². The lowest BCUT2D eigenvalue weighted by molar-refractivity contribution is 0.0952. The third-order valence-electron chi connectivity index (χ3n) is 5.80. The second kappa shape index (κ2) is 7.26. The van der Waals surface area contributed by atoms with Crippen LogP contribution in [0.5, 0.6) is 0 Å². The van der Waals surface area contributed by atoms with E-state index in [1.165, 1.54) is 0 Å². The van der Waals surface area contributed by atoms with Crippen molar-refractivity contribution >= 4 is 11.7 Å². The summed E-state index contributed by atoms with van der Waals surface area (Å²) < 4.78 is 0. The van der Waals surface area contributed by atoms with Gasteiger partial charge in [-0.25, -0.2) is 15.0 Å². The van der Waals surface area contributed by atoms with Crippen LogP contribution in [0.4, 0.5) is 5.82 Å². The molecular weight excluding hydrogens is 342 g/mol. The topological polar surface area (TPSA) is 98.8 Å². The number of amides is 1. The largest absolute Gasteiger partial charge is 0.355 e. The molecule has 4 rings (SSSR count). The van der Waals surface area contributed by atoms with Crippen LogP contribution in [0.3, 0.4) is 0 Å². The van der Waals surface area contributed by atoms with Gasteiger partial charge in [0.2, 0.25) is 5.82 Å². The Kier molecular flexibility index (Phi) is 4.82. The molecule has 0 spiro atoms. The summed E-state index contributed by atoms with van der Waals surface area (Å²) >= 11 is 0. The summed E-state index contributed by atoms with van der Waals surface area (Å²) in [7, 11) is 1.60. The summed E-state index contributed by atoms with van der Waals surface area (Å²) in [5.74, 6) is 2.54. The number of aromatic amines is 1. The molecule has 2 aromatic rings. The SMILES string of the molecule is CNC(=O)c1nc(C)c(C)c(N2CC[C@@H](NC3CC(c4ncc[nH]4)C3)C2)n1. The minimum absolute atomic E-state index is 0.243. The standard InChI is InChI=1S/C19H27N7O/c1-11-12(2)23-17(19(27)20-3)25-18(11)26-7-4-14(10-26)24-15-8-13(9-15)16-21-5-6-22-16/h5-6,13-15,24H,4,7-10H2,1-3H3,(H,20,27)(H,21,22)/t13?,14-,15?/m1/s1. The lowest BCUT2D eigenvalue weighted by Crippen LogP contribution is -2.46. The van der Waals surface area contributed by atoms with E-state index in [0.717, 1.165) is 55.3 Å². The third-order valence-corrected chi connectivity index (χ3v) is 5.80. The molecule has 0 unspecified atom stereocenters. The van der Waals surface area contributed by atoms with Gasteiger partial charge in [-0.05, 0) is 33.1 Å². The summed E-state index contributed by atoms with van der Waals surface area (Å²) in [6.07, 6.45) is 7.07. The van der Waals surface area contributed by atoms with Crippen LogP contribution >= 0.6 is 0 Å². The van der Waals surface area contributed by atoms with E-state index in [2.05, 4.69) is 35.5 Å². The Morgan fingerprint density at radius 3 is 2.78 bits per heavy atom. The van der Waals surface area contributed by atoms with Gasteiger partial charge in [0.05, 0.1) is 0 Å². The van der Waals surface area contributed by atoms with Crippen LogP contribution in [0.1, 0.15) is 52.9 Å². The fourth-order valence-corrected chi connectivity index (χ4v) is 4.03. The molecule has 1 atom stereocenters. The first-order valence-electron chi connectivity index (χ1n) is 9.62. The zero-order valence-electron chi connectivity index (χ0n) is 16.1. The molecule has 27 heavy (non-hydrogen) atoms. The average molecular weight is 369 g/mol. The maximum atomic E-state index is 12.0. The van der Waals surface area contributed by atoms with Crippen molar-refractivity contribution in [1.29, 1.82) is 0 Å². The quantitative estimate of drug-likeness (QED) is 0.735. The normalized spacial score (nSPS) is 24.7. The number of imidazole rings is 1. The van der Waals surface area contributed by atoms with Crippen molar-refractivity contribution in [3.8, 4) is 0 Å². The molecule has 3 heterocycles. The van der Waals surface area contributed by atoms with E-state index in [0.29, 0.717) is 18.0 Å². The van der Waals surface area contributed by atoms with Gasteiger partial charge < -0.3 is 20.5 Å². The Morgan fingerprint density at radius 1 is 1.26 bits per heavy atom. The molecule has 0 aromatic carbocycles. The highest BCUT2D eigenvalue weighted by atomic mass is 16.2. The van der Waals surface area contributed by atoms with Crippen molar-refractivity contribution in [1.82, 2.24) is 30.6 Å². The lowest BCUT2D eigenvalue weighted by Gasteiger charge is -2.36. The molecule has 1 saturated carbocycles. The first kappa shape index (κ1) is 17.9. The van der Waals surface area contributed by atoms with E-state index >= 15 is 0 Å². The Balaban J connectivity index is 1.37. The minimum Gasteiger partial charge on any atom is -0.355 e. The van der Waals surface area contributed by atoms with E-state index in [-0.39, 0.29) is 11.7 Å². The van der Waals surface area contributed by atoms with Crippen molar-refractivity contribution in [2.75, 3.05) is 25.0 Å². The molecule has 2 fully saturated rings. The monoisotopic (exact) mass is 369 g/mol. The first-order valence-corrected chi connectivity index (χ1v) is 9.62. The van der Waals surface area contributed by atoms with E-state index in [9.17, 15) is 4.79 Å². The molecule has 144 valence electrons. The van der Waals surface area contributed by atoms with Crippen LogP contribution in [-0.4, -0.2) is 58.1 Å². The number of carbonyl (C=O) groups is 1. The Hall–Kier alpha value is -2.48. The third kappa shape index (κ3) is 3.53. The van der Waals surface area contributed by atoms with Crippen molar-refractivity contribution in [3.05, 3.63) is 35.3 Å². The second-order valence-corrected chi connectivity index (χ2v) is 7.60. The summed E-state index contributed by atoms with van der Waals surface area (Å²) in [4.78, 5) is 30.7. The van der Waals surface area contributed by atoms with Gasteiger partial charge in [-0.15, -0.1) is 0 Å². The molecule has 1 saturated heterocycles. The summed E-state index contributed by atoms with van der Waals surface area (Å²) in [6.45, 7) is 5.81.